The van der Waals surface area contributed by atoms with E-state index in [1.165, 1.54) is 24.3 Å². The molecular weight excluding hydrogens is 360 g/mol. The van der Waals surface area contributed by atoms with Crippen LogP contribution in [0.25, 0.3) is 0 Å². The van der Waals surface area contributed by atoms with E-state index < -0.39 is 3.36 Å². The first kappa shape index (κ1) is 14.3. The smallest absolute Gasteiger partial charge is 0.182 e. The Balaban J connectivity index is 2.21. The zero-order chi connectivity index (χ0) is 13.2. The molecule has 0 aliphatic heterocycles. The molecule has 1 aliphatic carbocycles. The van der Waals surface area contributed by atoms with Crippen molar-refractivity contribution >= 4 is 37.5 Å². The molecule has 2 rings (SSSR count). The van der Waals surface area contributed by atoms with Crippen LogP contribution in [0.15, 0.2) is 24.3 Å². The van der Waals surface area contributed by atoms with Crippen molar-refractivity contribution in [2.45, 2.75) is 41.5 Å². The molecule has 0 bridgehead atoms. The lowest BCUT2D eigenvalue weighted by Gasteiger charge is -2.38. The molecule has 0 saturated heterocycles. The molecule has 0 atom stereocenters. The summed E-state index contributed by atoms with van der Waals surface area (Å²) in [5.41, 5.74) is 7.46. The standard InChI is InChI=1S/C13H18Br2N2O/c14-13(15,11-8-4-5-9-12(11)16)17(18)10-6-2-1-3-7-10/h4-5,8-10,18H,1-3,6-7,16H2. The van der Waals surface area contributed by atoms with Gasteiger partial charge in [0.2, 0.25) is 0 Å². The highest BCUT2D eigenvalue weighted by Crippen LogP contribution is 2.45. The summed E-state index contributed by atoms with van der Waals surface area (Å²) in [6, 6.07) is 7.71. The Morgan fingerprint density at radius 3 is 2.39 bits per heavy atom. The molecule has 0 spiro atoms. The van der Waals surface area contributed by atoms with Gasteiger partial charge in [0, 0.05) is 17.3 Å². The number of hydrogen-bond donors (Lipinski definition) is 2. The first-order valence-electron chi connectivity index (χ1n) is 6.24. The lowest BCUT2D eigenvalue weighted by molar-refractivity contribution is -0.152. The number of alkyl halides is 2. The minimum absolute atomic E-state index is 0.164. The number of anilines is 1. The van der Waals surface area contributed by atoms with E-state index in [1.54, 1.807) is 0 Å². The molecule has 3 N–H and O–H groups in total. The summed E-state index contributed by atoms with van der Waals surface area (Å²) in [5.74, 6) is 0. The molecule has 18 heavy (non-hydrogen) atoms. The van der Waals surface area contributed by atoms with E-state index in [2.05, 4.69) is 31.9 Å². The van der Waals surface area contributed by atoms with Crippen LogP contribution in [0.4, 0.5) is 5.69 Å². The molecular formula is C13H18Br2N2O. The van der Waals surface area contributed by atoms with Crippen molar-refractivity contribution in [3.63, 3.8) is 0 Å². The van der Waals surface area contributed by atoms with Crippen LogP contribution in [-0.2, 0) is 3.36 Å². The minimum atomic E-state index is -0.812. The molecule has 0 radical (unpaired) electrons. The summed E-state index contributed by atoms with van der Waals surface area (Å²) < 4.78 is -0.812. The quantitative estimate of drug-likeness (QED) is 0.359. The predicted molar refractivity (Wildman–Crippen MR) is 80.9 cm³/mol. The van der Waals surface area contributed by atoms with E-state index in [1.807, 2.05) is 24.3 Å². The fourth-order valence-corrected chi connectivity index (χ4v) is 3.75. The average Bonchev–Trinajstić information content (AvgIpc) is 2.39. The molecule has 1 saturated carbocycles. The van der Waals surface area contributed by atoms with Crippen LogP contribution >= 0.6 is 31.9 Å². The van der Waals surface area contributed by atoms with Gasteiger partial charge in [-0.05, 0) is 50.8 Å². The second kappa shape index (κ2) is 5.90. The normalized spacial score (nSPS) is 18.2. The van der Waals surface area contributed by atoms with E-state index in [9.17, 15) is 5.21 Å². The van der Waals surface area contributed by atoms with E-state index in [4.69, 9.17) is 5.73 Å². The van der Waals surface area contributed by atoms with E-state index in [-0.39, 0.29) is 6.04 Å². The first-order valence-corrected chi connectivity index (χ1v) is 7.83. The van der Waals surface area contributed by atoms with Crippen molar-refractivity contribution in [2.75, 3.05) is 5.73 Å². The maximum atomic E-state index is 10.5. The van der Waals surface area contributed by atoms with Crippen LogP contribution in [-0.4, -0.2) is 16.3 Å². The van der Waals surface area contributed by atoms with Crippen molar-refractivity contribution < 1.29 is 5.21 Å². The van der Waals surface area contributed by atoms with Crippen LogP contribution in [0, 0.1) is 0 Å². The number of halogens is 2. The Hall–Kier alpha value is -0.100. The fraction of sp³-hybridized carbons (Fsp3) is 0.538. The molecule has 100 valence electrons. The predicted octanol–water partition coefficient (Wildman–Crippen LogP) is 4.19. The van der Waals surface area contributed by atoms with Crippen LogP contribution in [0.5, 0.6) is 0 Å². The molecule has 1 fully saturated rings. The third kappa shape index (κ3) is 2.90. The van der Waals surface area contributed by atoms with Gasteiger partial charge in [-0.15, -0.1) is 0 Å². The Bertz CT molecular complexity index is 406. The van der Waals surface area contributed by atoms with Crippen molar-refractivity contribution in [1.82, 2.24) is 5.06 Å². The van der Waals surface area contributed by atoms with Gasteiger partial charge in [0.05, 0.1) is 0 Å². The van der Waals surface area contributed by atoms with Crippen molar-refractivity contribution in [1.29, 1.82) is 0 Å². The van der Waals surface area contributed by atoms with Gasteiger partial charge in [0.15, 0.2) is 3.36 Å². The summed E-state index contributed by atoms with van der Waals surface area (Å²) in [6.45, 7) is 0. The molecule has 3 nitrogen and oxygen atoms in total. The van der Waals surface area contributed by atoms with Crippen molar-refractivity contribution in [3.05, 3.63) is 29.8 Å². The largest absolute Gasteiger partial charge is 0.398 e. The monoisotopic (exact) mass is 376 g/mol. The van der Waals surface area contributed by atoms with Gasteiger partial charge in [0.1, 0.15) is 0 Å². The Morgan fingerprint density at radius 2 is 1.78 bits per heavy atom. The summed E-state index contributed by atoms with van der Waals surface area (Å²) in [6.07, 6.45) is 5.63. The molecule has 0 aromatic heterocycles. The molecule has 1 aromatic rings. The molecule has 1 aromatic carbocycles. The minimum Gasteiger partial charge on any atom is -0.398 e. The van der Waals surface area contributed by atoms with Gasteiger partial charge in [0.25, 0.3) is 0 Å². The van der Waals surface area contributed by atoms with Gasteiger partial charge in [-0.3, -0.25) is 0 Å². The highest BCUT2D eigenvalue weighted by Gasteiger charge is 2.38. The summed E-state index contributed by atoms with van der Waals surface area (Å²) in [4.78, 5) is 0. The van der Waals surface area contributed by atoms with Gasteiger partial charge < -0.3 is 10.9 Å². The Labute approximate surface area is 125 Å². The first-order chi connectivity index (χ1) is 8.53. The number of nitrogen functional groups attached to an aromatic ring is 1. The number of nitrogens with two attached hydrogens (primary N) is 1. The summed E-state index contributed by atoms with van der Waals surface area (Å²) >= 11 is 7.11. The number of hydrogen-bond acceptors (Lipinski definition) is 3. The van der Waals surface area contributed by atoms with Crippen LogP contribution < -0.4 is 5.73 Å². The zero-order valence-corrected chi connectivity index (χ0v) is 13.3. The van der Waals surface area contributed by atoms with Crippen molar-refractivity contribution in [2.24, 2.45) is 0 Å². The average molecular weight is 378 g/mol. The highest BCUT2D eigenvalue weighted by atomic mass is 79.9. The SMILES string of the molecule is Nc1ccccc1C(Br)(Br)N(O)C1CCCCC1. The lowest BCUT2D eigenvalue weighted by Crippen LogP contribution is -2.43. The third-order valence-corrected chi connectivity index (χ3v) is 5.07. The number of para-hydroxylation sites is 1. The second-order valence-electron chi connectivity index (χ2n) is 4.76. The lowest BCUT2D eigenvalue weighted by atomic mass is 9.95. The molecule has 0 unspecified atom stereocenters. The van der Waals surface area contributed by atoms with Crippen molar-refractivity contribution in [3.8, 4) is 0 Å². The molecule has 0 amide bonds. The molecule has 0 heterocycles. The maximum Gasteiger partial charge on any atom is 0.182 e. The fourth-order valence-electron chi connectivity index (χ4n) is 2.45. The van der Waals surface area contributed by atoms with Gasteiger partial charge in [-0.2, -0.15) is 5.06 Å². The third-order valence-electron chi connectivity index (χ3n) is 3.49. The van der Waals surface area contributed by atoms with Gasteiger partial charge >= 0.3 is 0 Å². The number of rotatable bonds is 3. The van der Waals surface area contributed by atoms with Gasteiger partial charge in [-0.1, -0.05) is 37.5 Å². The number of nitrogens with zero attached hydrogens (tertiary/aromatic N) is 1. The molecule has 1 aliphatic rings. The Morgan fingerprint density at radius 1 is 1.17 bits per heavy atom. The number of benzene rings is 1. The highest BCUT2D eigenvalue weighted by molar-refractivity contribution is 9.24. The van der Waals surface area contributed by atoms with Gasteiger partial charge in [-0.25, -0.2) is 0 Å². The zero-order valence-electron chi connectivity index (χ0n) is 10.1. The van der Waals surface area contributed by atoms with Crippen LogP contribution in [0.2, 0.25) is 0 Å². The Kier molecular flexibility index (Phi) is 4.69. The topological polar surface area (TPSA) is 49.5 Å². The summed E-state index contributed by atoms with van der Waals surface area (Å²) in [7, 11) is 0. The molecule has 5 heteroatoms. The summed E-state index contributed by atoms with van der Waals surface area (Å²) in [5, 5.41) is 11.8. The van der Waals surface area contributed by atoms with E-state index >= 15 is 0 Å². The van der Waals surface area contributed by atoms with Crippen LogP contribution in [0.1, 0.15) is 37.7 Å². The van der Waals surface area contributed by atoms with Crippen LogP contribution in [0.3, 0.4) is 0 Å². The number of hydroxylamine groups is 2. The second-order valence-corrected chi connectivity index (χ2v) is 8.12. The maximum absolute atomic E-state index is 10.5. The van der Waals surface area contributed by atoms with E-state index in [0.29, 0.717) is 5.69 Å². The van der Waals surface area contributed by atoms with E-state index in [0.717, 1.165) is 18.4 Å².